The lowest BCUT2D eigenvalue weighted by Gasteiger charge is -2.44. The van der Waals surface area contributed by atoms with E-state index in [1.807, 2.05) is 0 Å². The molecule has 8 atom stereocenters. The Kier molecular flexibility index (Phi) is 18.2. The Morgan fingerprint density at radius 1 is 0.732 bits per heavy atom. The minimum atomic E-state index is -1.52. The van der Waals surface area contributed by atoms with Gasteiger partial charge in [0.25, 0.3) is 0 Å². The Bertz CT molecular complexity index is 724. The molecule has 8 unspecified atom stereocenters. The molecule has 1 amide bonds. The third-order valence-electron chi connectivity index (χ3n) is 8.09. The Morgan fingerprint density at radius 3 is 1.88 bits per heavy atom. The first-order chi connectivity index (χ1) is 19.8. The number of hydrogen-bond donors (Lipinski definition) is 5. The fourth-order valence-corrected chi connectivity index (χ4v) is 5.41. The van der Waals surface area contributed by atoms with Crippen molar-refractivity contribution < 1.29 is 44.5 Å². The van der Waals surface area contributed by atoms with Crippen LogP contribution < -0.4 is 0 Å². The molecule has 2 heterocycles. The first-order valence-corrected chi connectivity index (χ1v) is 16.0. The van der Waals surface area contributed by atoms with Gasteiger partial charge in [-0.2, -0.15) is 0 Å². The summed E-state index contributed by atoms with van der Waals surface area (Å²) >= 11 is 0. The van der Waals surface area contributed by atoms with Crippen LogP contribution in [-0.2, 0) is 19.0 Å². The average molecular weight is 588 g/mol. The number of aliphatic hydroxyl groups excluding tert-OH is 5. The molecule has 0 aromatic rings. The molecule has 0 radical (unpaired) electrons. The van der Waals surface area contributed by atoms with Gasteiger partial charge in [-0.1, -0.05) is 83.3 Å². The van der Waals surface area contributed by atoms with Crippen molar-refractivity contribution in [3.05, 3.63) is 12.2 Å². The van der Waals surface area contributed by atoms with E-state index in [9.17, 15) is 30.3 Å². The fourth-order valence-electron chi connectivity index (χ4n) is 5.41. The van der Waals surface area contributed by atoms with Crippen LogP contribution in [0.25, 0.3) is 0 Å². The largest absolute Gasteiger partial charge is 0.388 e. The zero-order valence-electron chi connectivity index (χ0n) is 25.3. The molecule has 2 aliphatic rings. The second-order valence-corrected chi connectivity index (χ2v) is 11.6. The lowest BCUT2D eigenvalue weighted by Crippen LogP contribution is -2.62. The molecule has 41 heavy (non-hydrogen) atoms. The van der Waals surface area contributed by atoms with Gasteiger partial charge >= 0.3 is 0 Å². The van der Waals surface area contributed by atoms with Crippen LogP contribution >= 0.6 is 0 Å². The molecule has 10 heteroatoms. The van der Waals surface area contributed by atoms with E-state index in [-0.39, 0.29) is 19.1 Å². The zero-order chi connectivity index (χ0) is 30.0. The molecule has 0 aromatic carbocycles. The van der Waals surface area contributed by atoms with Crippen LogP contribution in [0.5, 0.6) is 0 Å². The second-order valence-electron chi connectivity index (χ2n) is 11.6. The van der Waals surface area contributed by atoms with E-state index in [1.165, 1.54) is 76.0 Å². The molecular formula is C31H57NO9. The van der Waals surface area contributed by atoms with Crippen molar-refractivity contribution in [1.82, 2.24) is 4.90 Å². The van der Waals surface area contributed by atoms with Crippen molar-refractivity contribution in [3.63, 3.8) is 0 Å². The van der Waals surface area contributed by atoms with E-state index in [0.717, 1.165) is 32.1 Å². The van der Waals surface area contributed by atoms with Gasteiger partial charge in [-0.15, -0.1) is 0 Å². The molecular weight excluding hydrogens is 530 g/mol. The monoisotopic (exact) mass is 587 g/mol. The summed E-state index contributed by atoms with van der Waals surface area (Å²) in [5.41, 5.74) is 0. The van der Waals surface area contributed by atoms with Gasteiger partial charge in [0.2, 0.25) is 5.91 Å². The Morgan fingerprint density at radius 2 is 1.29 bits per heavy atom. The molecule has 10 nitrogen and oxygen atoms in total. The molecule has 240 valence electrons. The number of carbonyl (C=O) groups is 1. The standard InChI is InChI=1S/C31H57NO9/c1-3-4-5-6-7-8-9-10-11-12-13-14-15-16-17-18-19-20-32(23(2)33)30-28(37)27(36)25(22-39-30)41-31-29(38)26(35)24(34)21-40-31/h11-12,24-31,34-38H,3-10,13-22H2,1-2H3/b12-11-. The fraction of sp³-hybridized carbons (Fsp3) is 0.903. The molecule has 2 aliphatic heterocycles. The van der Waals surface area contributed by atoms with Crippen LogP contribution in [-0.4, -0.2) is 105 Å². The molecule has 2 fully saturated rings. The highest BCUT2D eigenvalue weighted by Gasteiger charge is 2.46. The molecule has 0 aliphatic carbocycles. The number of rotatable bonds is 20. The number of nitrogens with zero attached hydrogens (tertiary/aromatic N) is 1. The maximum Gasteiger partial charge on any atom is 0.221 e. The quantitative estimate of drug-likeness (QED) is 0.107. The number of amides is 1. The summed E-state index contributed by atoms with van der Waals surface area (Å²) in [6.07, 6.45) is 12.3. The van der Waals surface area contributed by atoms with Crippen molar-refractivity contribution in [3.8, 4) is 0 Å². The van der Waals surface area contributed by atoms with Gasteiger partial charge in [-0.05, 0) is 32.1 Å². The summed E-state index contributed by atoms with van der Waals surface area (Å²) in [4.78, 5) is 13.8. The Hall–Kier alpha value is -1.11. The number of hydrogen-bond acceptors (Lipinski definition) is 9. The Labute approximate surface area is 246 Å². The highest BCUT2D eigenvalue weighted by Crippen LogP contribution is 2.25. The first-order valence-electron chi connectivity index (χ1n) is 16.0. The van der Waals surface area contributed by atoms with E-state index >= 15 is 0 Å². The maximum atomic E-state index is 12.3. The Balaban J connectivity index is 1.57. The van der Waals surface area contributed by atoms with Crippen LogP contribution in [0.1, 0.15) is 110 Å². The van der Waals surface area contributed by atoms with Gasteiger partial charge in [0.1, 0.15) is 36.6 Å². The van der Waals surface area contributed by atoms with Crippen molar-refractivity contribution in [2.45, 2.75) is 159 Å². The minimum Gasteiger partial charge on any atom is -0.388 e. The van der Waals surface area contributed by atoms with Gasteiger partial charge in [-0.25, -0.2) is 0 Å². The molecule has 0 spiro atoms. The second kappa shape index (κ2) is 20.7. The molecule has 5 N–H and O–H groups in total. The average Bonchev–Trinajstić information content (AvgIpc) is 2.95. The van der Waals surface area contributed by atoms with Crippen molar-refractivity contribution in [2.24, 2.45) is 0 Å². The van der Waals surface area contributed by atoms with Crippen LogP contribution in [0, 0.1) is 0 Å². The third-order valence-corrected chi connectivity index (χ3v) is 8.09. The maximum absolute atomic E-state index is 12.3. The van der Waals surface area contributed by atoms with Crippen LogP contribution in [0.4, 0.5) is 0 Å². The van der Waals surface area contributed by atoms with Crippen LogP contribution in [0.15, 0.2) is 12.2 Å². The molecule has 0 bridgehead atoms. The zero-order valence-corrected chi connectivity index (χ0v) is 25.3. The van der Waals surface area contributed by atoms with Gasteiger partial charge in [-0.3, -0.25) is 4.79 Å². The van der Waals surface area contributed by atoms with Crippen LogP contribution in [0.2, 0.25) is 0 Å². The van der Waals surface area contributed by atoms with Crippen molar-refractivity contribution in [2.75, 3.05) is 19.8 Å². The lowest BCUT2D eigenvalue weighted by molar-refractivity contribution is -0.316. The summed E-state index contributed by atoms with van der Waals surface area (Å²) in [5.74, 6) is -0.257. The van der Waals surface area contributed by atoms with E-state index in [4.69, 9.17) is 14.2 Å². The summed E-state index contributed by atoms with van der Waals surface area (Å²) < 4.78 is 16.5. The SMILES string of the molecule is CCCCCCCCC/C=C\CCCCCCCCN(C(C)=O)C1OCC(OC2OCC(O)C(O)C2O)C(O)C1O. The first kappa shape index (κ1) is 36.1. The number of allylic oxidation sites excluding steroid dienone is 2. The van der Waals surface area contributed by atoms with Crippen molar-refractivity contribution >= 4 is 5.91 Å². The summed E-state index contributed by atoms with van der Waals surface area (Å²) in [6, 6.07) is 0. The predicted octanol–water partition coefficient (Wildman–Crippen LogP) is 3.16. The van der Waals surface area contributed by atoms with Gasteiger partial charge in [0, 0.05) is 13.5 Å². The highest BCUT2D eigenvalue weighted by atomic mass is 16.7. The third kappa shape index (κ3) is 13.0. The van der Waals surface area contributed by atoms with E-state index in [0.29, 0.717) is 6.54 Å². The highest BCUT2D eigenvalue weighted by molar-refractivity contribution is 5.73. The van der Waals surface area contributed by atoms with Gasteiger partial charge in [0.15, 0.2) is 12.5 Å². The topological polar surface area (TPSA) is 149 Å². The number of carbonyl (C=O) groups excluding carboxylic acids is 1. The van der Waals surface area contributed by atoms with Gasteiger partial charge in [0.05, 0.1) is 13.2 Å². The van der Waals surface area contributed by atoms with Crippen molar-refractivity contribution in [1.29, 1.82) is 0 Å². The molecule has 2 saturated heterocycles. The molecule has 0 saturated carbocycles. The summed E-state index contributed by atoms with van der Waals surface area (Å²) in [6.45, 7) is 3.68. The predicted molar refractivity (Wildman–Crippen MR) is 156 cm³/mol. The van der Waals surface area contributed by atoms with E-state index < -0.39 is 49.1 Å². The smallest absolute Gasteiger partial charge is 0.221 e. The lowest BCUT2D eigenvalue weighted by atomic mass is 10.0. The number of unbranched alkanes of at least 4 members (excludes halogenated alkanes) is 13. The van der Waals surface area contributed by atoms with Crippen LogP contribution in [0.3, 0.4) is 0 Å². The summed E-state index contributed by atoms with van der Waals surface area (Å²) in [7, 11) is 0. The van der Waals surface area contributed by atoms with E-state index in [2.05, 4.69) is 19.1 Å². The number of ether oxygens (including phenoxy) is 3. The molecule has 0 aromatic heterocycles. The number of aliphatic hydroxyl groups is 5. The summed E-state index contributed by atoms with van der Waals surface area (Å²) in [5, 5.41) is 50.9. The van der Waals surface area contributed by atoms with E-state index in [1.54, 1.807) is 0 Å². The molecule has 2 rings (SSSR count). The normalized spacial score (nSPS) is 30.6. The minimum absolute atomic E-state index is 0.147. The van der Waals surface area contributed by atoms with Gasteiger partial charge < -0.3 is 44.6 Å².